The molecule has 1 N–H and O–H groups in total. The third-order valence-electron chi connectivity index (χ3n) is 2.95. The number of thiophene rings is 1. The molecule has 0 radical (unpaired) electrons. The summed E-state index contributed by atoms with van der Waals surface area (Å²) in [6.45, 7) is 3.73. The number of benzene rings is 1. The topological polar surface area (TPSA) is 20.2 Å². The van der Waals surface area contributed by atoms with Gasteiger partial charge in [-0.15, -0.1) is 11.3 Å². The number of hydrogen-bond donors (Lipinski definition) is 1. The summed E-state index contributed by atoms with van der Waals surface area (Å²) in [5.41, 5.74) is 0.342. The summed E-state index contributed by atoms with van der Waals surface area (Å²) in [5.74, 6) is 0. The van der Waals surface area contributed by atoms with Crippen molar-refractivity contribution in [1.29, 1.82) is 0 Å². The van der Waals surface area contributed by atoms with Gasteiger partial charge in [-0.1, -0.05) is 15.9 Å². The summed E-state index contributed by atoms with van der Waals surface area (Å²) in [6, 6.07) is 5.21. The summed E-state index contributed by atoms with van der Waals surface area (Å²) in [7, 11) is 0. The van der Waals surface area contributed by atoms with Crippen LogP contribution in [0.5, 0.6) is 0 Å². The van der Waals surface area contributed by atoms with E-state index >= 15 is 0 Å². The second kappa shape index (κ2) is 5.50. The average molecular weight is 365 g/mol. The molecule has 0 saturated heterocycles. The van der Waals surface area contributed by atoms with Crippen molar-refractivity contribution >= 4 is 27.3 Å². The van der Waals surface area contributed by atoms with E-state index in [9.17, 15) is 18.3 Å². The van der Waals surface area contributed by atoms with E-state index < -0.39 is 17.8 Å². The van der Waals surface area contributed by atoms with E-state index in [0.717, 1.165) is 22.6 Å². The first-order valence-corrected chi connectivity index (χ1v) is 7.42. The molecule has 0 spiro atoms. The second-order valence-electron chi connectivity index (χ2n) is 4.54. The maximum absolute atomic E-state index is 12.8. The SMILES string of the molecule is Cc1cc(C)c(C(O)c2cc(C(F)(F)F)ccc2Br)s1. The van der Waals surface area contributed by atoms with Crippen LogP contribution in [0, 0.1) is 13.8 Å². The van der Waals surface area contributed by atoms with E-state index in [1.54, 1.807) is 0 Å². The summed E-state index contributed by atoms with van der Waals surface area (Å²) in [5, 5.41) is 10.4. The Labute approximate surface area is 127 Å². The van der Waals surface area contributed by atoms with Gasteiger partial charge in [-0.2, -0.15) is 13.2 Å². The molecular weight excluding hydrogens is 353 g/mol. The van der Waals surface area contributed by atoms with Gasteiger partial charge in [0.15, 0.2) is 0 Å². The highest BCUT2D eigenvalue weighted by molar-refractivity contribution is 9.10. The minimum Gasteiger partial charge on any atom is -0.383 e. The largest absolute Gasteiger partial charge is 0.416 e. The van der Waals surface area contributed by atoms with E-state index in [-0.39, 0.29) is 5.56 Å². The summed E-state index contributed by atoms with van der Waals surface area (Å²) < 4.78 is 38.7. The predicted octanol–water partition coefficient (Wildman–Crippen LogP) is 5.23. The molecular formula is C14H12BrF3OS. The number of halogens is 4. The van der Waals surface area contributed by atoms with E-state index in [1.165, 1.54) is 17.4 Å². The first kappa shape index (κ1) is 15.5. The lowest BCUT2D eigenvalue weighted by Crippen LogP contribution is -2.08. The van der Waals surface area contributed by atoms with Crippen LogP contribution >= 0.6 is 27.3 Å². The van der Waals surface area contributed by atoms with Crippen molar-refractivity contribution in [2.75, 3.05) is 0 Å². The zero-order valence-electron chi connectivity index (χ0n) is 10.8. The Kier molecular flexibility index (Phi) is 4.27. The Bertz CT molecular complexity index is 634. The Morgan fingerprint density at radius 2 is 1.85 bits per heavy atom. The molecule has 1 nitrogen and oxygen atoms in total. The normalized spacial score (nSPS) is 13.6. The van der Waals surface area contributed by atoms with Gasteiger partial charge in [0.25, 0.3) is 0 Å². The smallest absolute Gasteiger partial charge is 0.383 e. The van der Waals surface area contributed by atoms with Gasteiger partial charge < -0.3 is 5.11 Å². The lowest BCUT2D eigenvalue weighted by Gasteiger charge is -2.15. The zero-order valence-corrected chi connectivity index (χ0v) is 13.2. The molecule has 0 amide bonds. The molecule has 2 rings (SSSR count). The van der Waals surface area contributed by atoms with Gasteiger partial charge in [-0.25, -0.2) is 0 Å². The maximum Gasteiger partial charge on any atom is 0.416 e. The van der Waals surface area contributed by atoms with Crippen molar-refractivity contribution in [3.63, 3.8) is 0 Å². The molecule has 1 unspecified atom stereocenters. The van der Waals surface area contributed by atoms with Gasteiger partial charge in [0.1, 0.15) is 6.10 Å². The molecule has 1 aromatic heterocycles. The lowest BCUT2D eigenvalue weighted by atomic mass is 10.0. The second-order valence-corrected chi connectivity index (χ2v) is 6.68. The molecule has 108 valence electrons. The van der Waals surface area contributed by atoms with Crippen LogP contribution < -0.4 is 0 Å². The van der Waals surface area contributed by atoms with Crippen molar-refractivity contribution in [3.8, 4) is 0 Å². The van der Waals surface area contributed by atoms with E-state index in [1.807, 2.05) is 19.9 Å². The Morgan fingerprint density at radius 3 is 2.35 bits per heavy atom. The van der Waals surface area contributed by atoms with Gasteiger partial charge in [0.05, 0.1) is 5.56 Å². The van der Waals surface area contributed by atoms with E-state index in [0.29, 0.717) is 9.35 Å². The zero-order chi connectivity index (χ0) is 15.1. The van der Waals surface area contributed by atoms with Gasteiger partial charge >= 0.3 is 6.18 Å². The van der Waals surface area contributed by atoms with Crippen LogP contribution in [-0.4, -0.2) is 5.11 Å². The molecule has 2 aromatic rings. The third kappa shape index (κ3) is 3.07. The van der Waals surface area contributed by atoms with Crippen LogP contribution in [0.15, 0.2) is 28.7 Å². The van der Waals surface area contributed by atoms with E-state index in [2.05, 4.69) is 15.9 Å². The van der Waals surface area contributed by atoms with Crippen molar-refractivity contribution in [2.24, 2.45) is 0 Å². The lowest BCUT2D eigenvalue weighted by molar-refractivity contribution is -0.137. The predicted molar refractivity (Wildman–Crippen MR) is 77.0 cm³/mol. The van der Waals surface area contributed by atoms with Gasteiger partial charge in [0.2, 0.25) is 0 Å². The van der Waals surface area contributed by atoms with Crippen LogP contribution in [0.3, 0.4) is 0 Å². The van der Waals surface area contributed by atoms with Crippen molar-refractivity contribution in [1.82, 2.24) is 0 Å². The molecule has 1 aromatic carbocycles. The molecule has 0 aliphatic carbocycles. The van der Waals surface area contributed by atoms with Crippen LogP contribution in [0.25, 0.3) is 0 Å². The number of aliphatic hydroxyl groups is 1. The van der Waals surface area contributed by atoms with Gasteiger partial charge in [-0.05, 0) is 43.7 Å². The summed E-state index contributed by atoms with van der Waals surface area (Å²) in [4.78, 5) is 1.68. The molecule has 0 fully saturated rings. The maximum atomic E-state index is 12.8. The number of rotatable bonds is 2. The fourth-order valence-corrected chi connectivity index (χ4v) is 3.51. The summed E-state index contributed by atoms with van der Waals surface area (Å²) in [6.07, 6.45) is -5.49. The van der Waals surface area contributed by atoms with Crippen molar-refractivity contribution in [3.05, 3.63) is 55.2 Å². The molecule has 0 aliphatic heterocycles. The van der Waals surface area contributed by atoms with Crippen LogP contribution in [0.1, 0.15) is 32.5 Å². The first-order valence-electron chi connectivity index (χ1n) is 5.82. The van der Waals surface area contributed by atoms with Gasteiger partial charge in [0, 0.05) is 19.8 Å². The minimum absolute atomic E-state index is 0.227. The molecule has 6 heteroatoms. The molecule has 20 heavy (non-hydrogen) atoms. The molecule has 1 heterocycles. The van der Waals surface area contributed by atoms with E-state index in [4.69, 9.17) is 0 Å². The Hall–Kier alpha value is -0.850. The molecule has 0 aliphatic rings. The highest BCUT2D eigenvalue weighted by Gasteiger charge is 2.32. The van der Waals surface area contributed by atoms with Crippen molar-refractivity contribution in [2.45, 2.75) is 26.1 Å². The fourth-order valence-electron chi connectivity index (χ4n) is 2.00. The monoisotopic (exact) mass is 364 g/mol. The highest BCUT2D eigenvalue weighted by atomic mass is 79.9. The number of aryl methyl sites for hydroxylation is 2. The first-order chi connectivity index (χ1) is 9.20. The number of aliphatic hydroxyl groups excluding tert-OH is 1. The van der Waals surface area contributed by atoms with Crippen LogP contribution in [0.2, 0.25) is 0 Å². The molecule has 1 atom stereocenters. The van der Waals surface area contributed by atoms with Crippen molar-refractivity contribution < 1.29 is 18.3 Å². The molecule has 0 bridgehead atoms. The number of alkyl halides is 3. The fraction of sp³-hybridized carbons (Fsp3) is 0.286. The van der Waals surface area contributed by atoms with Gasteiger partial charge in [-0.3, -0.25) is 0 Å². The van der Waals surface area contributed by atoms with Crippen LogP contribution in [0.4, 0.5) is 13.2 Å². The Balaban J connectivity index is 2.49. The highest BCUT2D eigenvalue weighted by Crippen LogP contribution is 2.38. The standard InChI is InChI=1S/C14H12BrF3OS/c1-7-5-8(2)20-13(7)12(19)10-6-9(14(16,17)18)3-4-11(10)15/h3-6,12,19H,1-2H3. The summed E-state index contributed by atoms with van der Waals surface area (Å²) >= 11 is 4.59. The average Bonchev–Trinajstić information content (AvgIpc) is 2.66. The molecule has 0 saturated carbocycles. The number of hydrogen-bond acceptors (Lipinski definition) is 2. The Morgan fingerprint density at radius 1 is 1.20 bits per heavy atom. The minimum atomic E-state index is -4.42. The van der Waals surface area contributed by atoms with Crippen LogP contribution in [-0.2, 0) is 6.18 Å². The third-order valence-corrected chi connectivity index (χ3v) is 4.87. The quantitative estimate of drug-likeness (QED) is 0.773.